The molecule has 2 aromatic heterocycles. The van der Waals surface area contributed by atoms with E-state index in [4.69, 9.17) is 10.7 Å². The van der Waals surface area contributed by atoms with Crippen molar-refractivity contribution in [2.45, 2.75) is 161 Å². The number of nitrogen functional groups attached to an aromatic ring is 1. The van der Waals surface area contributed by atoms with E-state index in [1.807, 2.05) is 62.9 Å². The quantitative estimate of drug-likeness (QED) is 0.0557. The number of carbonyl (C=O) groups is 6. The second kappa shape index (κ2) is 26.3. The van der Waals surface area contributed by atoms with Gasteiger partial charge >= 0.3 is 0 Å². The van der Waals surface area contributed by atoms with Crippen molar-refractivity contribution in [1.82, 2.24) is 56.1 Å². The Morgan fingerprint density at radius 1 is 0.974 bits per heavy atom. The molecular formula is C57H77FN14O6. The van der Waals surface area contributed by atoms with Gasteiger partial charge in [0.05, 0.1) is 54.4 Å². The molecule has 2 fully saturated rings. The summed E-state index contributed by atoms with van der Waals surface area (Å²) in [6, 6.07) is 12.6. The van der Waals surface area contributed by atoms with Crippen molar-refractivity contribution in [1.29, 1.82) is 5.26 Å². The predicted molar refractivity (Wildman–Crippen MR) is 293 cm³/mol. The number of nitriles is 1. The molecular weight excluding hydrogens is 996 g/mol. The third-order valence-corrected chi connectivity index (χ3v) is 15.2. The zero-order valence-electron chi connectivity index (χ0n) is 46.2. The molecule has 4 aromatic rings. The molecule has 0 aliphatic carbocycles. The summed E-state index contributed by atoms with van der Waals surface area (Å²) in [5.41, 5.74) is 8.93. The monoisotopic (exact) mass is 1070 g/mol. The van der Waals surface area contributed by atoms with Gasteiger partial charge in [-0.05, 0) is 87.2 Å². The van der Waals surface area contributed by atoms with Gasteiger partial charge in [0, 0.05) is 51.1 Å². The molecule has 0 spiro atoms. The predicted octanol–water partition coefficient (Wildman–Crippen LogP) is 5.59. The third kappa shape index (κ3) is 14.0. The maximum absolute atomic E-state index is 14.8. The fraction of sp³-hybridized carbons (Fsp3) is 0.544. The lowest BCUT2D eigenvalue weighted by atomic mass is 9.85. The van der Waals surface area contributed by atoms with E-state index < -0.39 is 35.4 Å². The van der Waals surface area contributed by atoms with Crippen molar-refractivity contribution in [2.75, 3.05) is 44.4 Å². The lowest BCUT2D eigenvalue weighted by molar-refractivity contribution is -0.144. The number of fused-ring (bicyclic) bond motifs is 8. The van der Waals surface area contributed by atoms with Crippen molar-refractivity contribution < 1.29 is 33.2 Å². The maximum atomic E-state index is 14.8. The number of likely N-dealkylation sites (tertiary alicyclic amines) is 1. The van der Waals surface area contributed by atoms with Gasteiger partial charge in [-0.3, -0.25) is 33.4 Å². The normalized spacial score (nSPS) is 18.3. The zero-order valence-corrected chi connectivity index (χ0v) is 46.2. The summed E-state index contributed by atoms with van der Waals surface area (Å²) in [5.74, 6) is -1.57. The first-order valence-corrected chi connectivity index (χ1v) is 27.5. The largest absolute Gasteiger partial charge is 0.381 e. The third-order valence-electron chi connectivity index (χ3n) is 15.2. The van der Waals surface area contributed by atoms with Crippen LogP contribution in [0.15, 0.2) is 54.7 Å². The van der Waals surface area contributed by atoms with E-state index in [1.165, 1.54) is 34.2 Å². The molecule has 20 nitrogen and oxygen atoms in total. The van der Waals surface area contributed by atoms with Crippen LogP contribution in [-0.2, 0) is 37.1 Å². The van der Waals surface area contributed by atoms with Gasteiger partial charge in [-0.25, -0.2) is 14.4 Å². The van der Waals surface area contributed by atoms with Gasteiger partial charge in [0.1, 0.15) is 24.0 Å². The second-order valence-corrected chi connectivity index (χ2v) is 21.9. The Labute approximate surface area is 456 Å². The Bertz CT molecular complexity index is 2850. The molecule has 6 atom stereocenters. The van der Waals surface area contributed by atoms with Crippen LogP contribution in [0.5, 0.6) is 0 Å². The van der Waals surface area contributed by atoms with Gasteiger partial charge < -0.3 is 47.0 Å². The molecule has 2 bridgehead atoms. The summed E-state index contributed by atoms with van der Waals surface area (Å²) in [5, 5.41) is 29.9. The zero-order chi connectivity index (χ0) is 56.3. The van der Waals surface area contributed by atoms with Crippen molar-refractivity contribution >= 4 is 47.1 Å². The summed E-state index contributed by atoms with van der Waals surface area (Å²) in [6.45, 7) is 10.4. The minimum Gasteiger partial charge on any atom is -0.381 e. The van der Waals surface area contributed by atoms with Gasteiger partial charge in [-0.1, -0.05) is 83.7 Å². The molecule has 5 heterocycles. The van der Waals surface area contributed by atoms with E-state index in [0.29, 0.717) is 72.5 Å². The van der Waals surface area contributed by atoms with Gasteiger partial charge in [0.15, 0.2) is 17.3 Å². The van der Waals surface area contributed by atoms with Crippen molar-refractivity contribution in [3.8, 4) is 17.3 Å². The topological polar surface area (TPSA) is 266 Å². The number of aromatic nitrogens is 4. The fourth-order valence-corrected chi connectivity index (χ4v) is 10.7. The summed E-state index contributed by atoms with van der Waals surface area (Å²) >= 11 is 0. The van der Waals surface area contributed by atoms with Crippen LogP contribution in [0.25, 0.3) is 11.3 Å². The lowest BCUT2D eigenvalue weighted by Gasteiger charge is -2.36. The van der Waals surface area contributed by atoms with Crippen LogP contribution < -0.4 is 37.2 Å². The number of carbonyl (C=O) groups excluding carboxylic acids is 6. The average molecular weight is 1070 g/mol. The standard InChI is InChI=1S/C57H77FN14O6/c1-8-41(36-19-14-13-15-20-36)66-54(76)45-30-38(33-71(45)56(78)50(57(3,4)5)67-53(75)35(2)61-6)64-48(74)23-17-12-10-9-11-16-22-47(73)62-26-28-72-46-34-69(7)55(77)39-25-24-37(58)29-40(39)44-21-18-27-70(44)52-51(60)63-32-43(65-52)49(46)42(31-59)68-72/h13-15,19-20,24-25,29,32,35,38,41,44-45,50,61H,8-12,16-18,21-23,26-28,30,33-34H2,1-7H3,(H2,60,63)(H,62,73)(H,64,74)(H,66,76)(H,67,75)/t35-,38-,41+,44-,45-,50+/m1/s1. The lowest BCUT2D eigenvalue weighted by Crippen LogP contribution is -2.59. The maximum Gasteiger partial charge on any atom is 0.254 e. The molecule has 6 amide bonds. The van der Waals surface area contributed by atoms with E-state index in [9.17, 15) is 38.4 Å². The van der Waals surface area contributed by atoms with Crippen LogP contribution in [0.4, 0.5) is 16.0 Å². The van der Waals surface area contributed by atoms with Gasteiger partial charge in [-0.2, -0.15) is 10.4 Å². The molecule has 2 saturated heterocycles. The van der Waals surface area contributed by atoms with Crippen LogP contribution in [0.1, 0.15) is 157 Å². The molecule has 3 aliphatic heterocycles. The van der Waals surface area contributed by atoms with Gasteiger partial charge in [-0.15, -0.1) is 0 Å². The van der Waals surface area contributed by atoms with Crippen molar-refractivity contribution in [3.05, 3.63) is 88.6 Å². The molecule has 0 radical (unpaired) electrons. The number of hydrogen-bond acceptors (Lipinski definition) is 13. The molecule has 0 saturated carbocycles. The molecule has 2 aromatic carbocycles. The summed E-state index contributed by atoms with van der Waals surface area (Å²) < 4.78 is 16.4. The van der Waals surface area contributed by atoms with Crippen LogP contribution in [0.3, 0.4) is 0 Å². The number of halogens is 1. The number of unbranched alkanes of at least 4 members (excludes halogenated alkanes) is 5. The Hall–Kier alpha value is -7.47. The number of nitrogens with two attached hydrogens (primary N) is 1. The SMILES string of the molecule is CC[C@H](NC(=O)[C@H]1C[C@@H](NC(=O)CCCCCCCCC(=O)NCCn2nc(C#N)c3c2CN(C)C(=O)c2ccc(F)cc2[C@H]2CCCN2c2nc-3cnc2N)CN1C(=O)[C@H](NC(=O)[C@@H](C)NC)C(C)(C)C)c1ccccc1. The first-order chi connectivity index (χ1) is 37.3. The fourth-order valence-electron chi connectivity index (χ4n) is 10.7. The summed E-state index contributed by atoms with van der Waals surface area (Å²) in [7, 11) is 3.31. The number of nitrogens with one attached hydrogen (secondary N) is 5. The number of nitrogens with zero attached hydrogens (tertiary/aromatic N) is 8. The van der Waals surface area contributed by atoms with Crippen molar-refractivity contribution in [2.24, 2.45) is 5.41 Å². The van der Waals surface area contributed by atoms with E-state index in [-0.39, 0.29) is 98.1 Å². The number of likely N-dealkylation sites (N-methyl/N-ethyl adjacent to an activating group) is 1. The number of rotatable bonds is 21. The molecule has 3 aliphatic rings. The smallest absolute Gasteiger partial charge is 0.254 e. The first-order valence-electron chi connectivity index (χ1n) is 27.5. The number of hydrogen-bond donors (Lipinski definition) is 6. The Morgan fingerprint density at radius 2 is 1.68 bits per heavy atom. The number of amides is 6. The highest BCUT2D eigenvalue weighted by atomic mass is 19.1. The first kappa shape index (κ1) is 58.2. The summed E-state index contributed by atoms with van der Waals surface area (Å²) in [4.78, 5) is 96.4. The van der Waals surface area contributed by atoms with Gasteiger partial charge in [0.25, 0.3) is 5.91 Å². The highest BCUT2D eigenvalue weighted by Gasteiger charge is 2.46. The van der Waals surface area contributed by atoms with Crippen LogP contribution >= 0.6 is 0 Å². The highest BCUT2D eigenvalue weighted by molar-refractivity contribution is 5.96. The molecule has 7 N–H and O–H groups in total. The molecule has 21 heteroatoms. The van der Waals surface area contributed by atoms with E-state index in [1.54, 1.807) is 25.7 Å². The highest BCUT2D eigenvalue weighted by Crippen LogP contribution is 2.41. The van der Waals surface area contributed by atoms with Crippen LogP contribution in [-0.4, -0.2) is 123 Å². The minimum absolute atomic E-state index is 0.0316. The van der Waals surface area contributed by atoms with E-state index >= 15 is 0 Å². The minimum atomic E-state index is -0.923. The van der Waals surface area contributed by atoms with Gasteiger partial charge in [0.2, 0.25) is 29.5 Å². The Kier molecular flexibility index (Phi) is 19.6. The second-order valence-electron chi connectivity index (χ2n) is 21.9. The molecule has 418 valence electrons. The van der Waals surface area contributed by atoms with Crippen LogP contribution in [0, 0.1) is 22.6 Å². The average Bonchev–Trinajstić information content (AvgIpc) is 4.17. The number of benzene rings is 2. The Morgan fingerprint density at radius 3 is 2.36 bits per heavy atom. The number of anilines is 2. The van der Waals surface area contributed by atoms with E-state index in [2.05, 4.69) is 42.7 Å². The Balaban J connectivity index is 0.883. The molecule has 7 rings (SSSR count). The van der Waals surface area contributed by atoms with Crippen LogP contribution in [0.2, 0.25) is 0 Å². The molecule has 0 unspecified atom stereocenters. The van der Waals surface area contributed by atoms with Crippen molar-refractivity contribution in [3.63, 3.8) is 0 Å². The molecule has 78 heavy (non-hydrogen) atoms. The summed E-state index contributed by atoms with van der Waals surface area (Å²) in [6.07, 6.45) is 9.04. The van der Waals surface area contributed by atoms with E-state index in [0.717, 1.165) is 37.7 Å².